The molecule has 0 bridgehead atoms. The van der Waals surface area contributed by atoms with Crippen LogP contribution in [0.4, 0.5) is 5.69 Å². The van der Waals surface area contributed by atoms with Gasteiger partial charge in [0.05, 0.1) is 23.8 Å². The van der Waals surface area contributed by atoms with Crippen molar-refractivity contribution in [2.75, 3.05) is 32.0 Å². The van der Waals surface area contributed by atoms with E-state index in [1.807, 2.05) is 0 Å². The van der Waals surface area contributed by atoms with Gasteiger partial charge >= 0.3 is 0 Å². The summed E-state index contributed by atoms with van der Waals surface area (Å²) in [6.07, 6.45) is 0. The number of morpholine rings is 1. The molecule has 10 heteroatoms. The first-order chi connectivity index (χ1) is 13.8. The number of anilines is 1. The Morgan fingerprint density at radius 3 is 2.66 bits per heavy atom. The standard InChI is InChI=1S/C19H21ClN4O4S/c1-13(17-12-15(20)5-6-18(17)21)22-23-19(25)14-3-2-4-16(11-14)29(26,27)24-7-9-28-10-8-24/h2-6,11-12H,7-10,21H2,1H3,(H,23,25)/b22-13+. The van der Waals surface area contributed by atoms with Crippen molar-refractivity contribution in [2.24, 2.45) is 5.10 Å². The van der Waals surface area contributed by atoms with Crippen LogP contribution in [0.15, 0.2) is 52.5 Å². The van der Waals surface area contributed by atoms with Crippen LogP contribution in [0.1, 0.15) is 22.8 Å². The summed E-state index contributed by atoms with van der Waals surface area (Å²) in [5.41, 5.74) is 10.1. The van der Waals surface area contributed by atoms with Gasteiger partial charge in [-0.05, 0) is 43.3 Å². The molecule has 1 aliphatic heterocycles. The van der Waals surface area contributed by atoms with Crippen molar-refractivity contribution in [2.45, 2.75) is 11.8 Å². The number of ether oxygens (including phenoxy) is 1. The summed E-state index contributed by atoms with van der Waals surface area (Å²) in [6.45, 7) is 2.94. The highest BCUT2D eigenvalue weighted by Gasteiger charge is 2.26. The number of benzene rings is 2. The van der Waals surface area contributed by atoms with Crippen molar-refractivity contribution in [3.05, 3.63) is 58.6 Å². The molecule has 0 spiro atoms. The first-order valence-electron chi connectivity index (χ1n) is 8.87. The molecule has 0 radical (unpaired) electrons. The predicted octanol–water partition coefficient (Wildman–Crippen LogP) is 2.10. The number of sulfonamides is 1. The Kier molecular flexibility index (Phi) is 6.53. The molecule has 2 aromatic rings. The molecule has 1 heterocycles. The lowest BCUT2D eigenvalue weighted by Gasteiger charge is -2.26. The normalized spacial score (nSPS) is 15.9. The van der Waals surface area contributed by atoms with E-state index in [4.69, 9.17) is 22.1 Å². The van der Waals surface area contributed by atoms with Crippen LogP contribution >= 0.6 is 11.6 Å². The third-order valence-electron chi connectivity index (χ3n) is 4.43. The number of nitrogens with zero attached hydrogens (tertiary/aromatic N) is 2. The van der Waals surface area contributed by atoms with E-state index in [9.17, 15) is 13.2 Å². The number of carbonyl (C=O) groups is 1. The third kappa shape index (κ3) is 4.94. The summed E-state index contributed by atoms with van der Waals surface area (Å²) >= 11 is 5.98. The molecule has 3 rings (SSSR count). The summed E-state index contributed by atoms with van der Waals surface area (Å²) in [4.78, 5) is 12.5. The lowest BCUT2D eigenvalue weighted by atomic mass is 10.1. The Bertz CT molecular complexity index is 1050. The van der Waals surface area contributed by atoms with E-state index in [1.165, 1.54) is 28.6 Å². The summed E-state index contributed by atoms with van der Waals surface area (Å²) in [7, 11) is -3.70. The molecule has 3 N–H and O–H groups in total. The third-order valence-corrected chi connectivity index (χ3v) is 6.56. The molecule has 0 aromatic heterocycles. The highest BCUT2D eigenvalue weighted by molar-refractivity contribution is 7.89. The molecular weight excluding hydrogens is 416 g/mol. The fraction of sp³-hybridized carbons (Fsp3) is 0.263. The first kappa shape index (κ1) is 21.3. The molecule has 0 unspecified atom stereocenters. The van der Waals surface area contributed by atoms with Gasteiger partial charge in [0.25, 0.3) is 5.91 Å². The van der Waals surface area contributed by atoms with Crippen LogP contribution < -0.4 is 11.2 Å². The van der Waals surface area contributed by atoms with Crippen LogP contribution in [0.25, 0.3) is 0 Å². The van der Waals surface area contributed by atoms with Crippen molar-refractivity contribution in [3.63, 3.8) is 0 Å². The topological polar surface area (TPSA) is 114 Å². The van der Waals surface area contributed by atoms with E-state index < -0.39 is 15.9 Å². The van der Waals surface area contributed by atoms with E-state index in [2.05, 4.69) is 10.5 Å². The van der Waals surface area contributed by atoms with Gasteiger partial charge < -0.3 is 10.5 Å². The Morgan fingerprint density at radius 1 is 1.21 bits per heavy atom. The van der Waals surface area contributed by atoms with Gasteiger partial charge in [-0.1, -0.05) is 17.7 Å². The number of nitrogens with one attached hydrogen (secondary N) is 1. The Hall–Kier alpha value is -2.46. The van der Waals surface area contributed by atoms with Crippen LogP contribution in [-0.4, -0.2) is 50.6 Å². The summed E-state index contributed by atoms with van der Waals surface area (Å²) < 4.78 is 32.1. The quantitative estimate of drug-likeness (QED) is 0.423. The summed E-state index contributed by atoms with van der Waals surface area (Å²) in [5, 5.41) is 4.55. The number of rotatable bonds is 5. The van der Waals surface area contributed by atoms with E-state index >= 15 is 0 Å². The first-order valence-corrected chi connectivity index (χ1v) is 10.7. The van der Waals surface area contributed by atoms with Crippen LogP contribution in [0.3, 0.4) is 0 Å². The lowest BCUT2D eigenvalue weighted by Crippen LogP contribution is -2.40. The van der Waals surface area contributed by atoms with Gasteiger partial charge in [0.1, 0.15) is 0 Å². The Labute approximate surface area is 174 Å². The highest BCUT2D eigenvalue weighted by atomic mass is 35.5. The monoisotopic (exact) mass is 436 g/mol. The van der Waals surface area contributed by atoms with Gasteiger partial charge in [0, 0.05) is 34.9 Å². The second-order valence-corrected chi connectivity index (χ2v) is 8.79. The molecular formula is C19H21ClN4O4S. The smallest absolute Gasteiger partial charge is 0.271 e. The molecule has 1 saturated heterocycles. The number of nitrogen functional groups attached to an aromatic ring is 1. The van der Waals surface area contributed by atoms with Crippen molar-refractivity contribution in [3.8, 4) is 0 Å². The van der Waals surface area contributed by atoms with E-state index in [0.29, 0.717) is 35.2 Å². The molecule has 1 amide bonds. The van der Waals surface area contributed by atoms with E-state index in [1.54, 1.807) is 25.1 Å². The molecule has 0 atom stereocenters. The highest BCUT2D eigenvalue weighted by Crippen LogP contribution is 2.20. The minimum Gasteiger partial charge on any atom is -0.398 e. The summed E-state index contributed by atoms with van der Waals surface area (Å²) in [6, 6.07) is 10.8. The molecule has 1 aliphatic rings. The Balaban J connectivity index is 1.78. The number of carbonyl (C=O) groups excluding carboxylic acids is 1. The molecule has 0 saturated carbocycles. The SMILES string of the molecule is C/C(=N\NC(=O)c1cccc(S(=O)(=O)N2CCOCC2)c1)c1cc(Cl)ccc1N. The van der Waals surface area contributed by atoms with Crippen molar-refractivity contribution in [1.29, 1.82) is 0 Å². The maximum absolute atomic E-state index is 12.8. The zero-order valence-corrected chi connectivity index (χ0v) is 17.3. The van der Waals surface area contributed by atoms with Gasteiger partial charge in [-0.3, -0.25) is 4.79 Å². The largest absolute Gasteiger partial charge is 0.398 e. The summed E-state index contributed by atoms with van der Waals surface area (Å²) in [5.74, 6) is -0.538. The van der Waals surface area contributed by atoms with Gasteiger partial charge in [0.2, 0.25) is 10.0 Å². The van der Waals surface area contributed by atoms with E-state index in [-0.39, 0.29) is 23.5 Å². The second kappa shape index (κ2) is 8.91. The average Bonchev–Trinajstić information content (AvgIpc) is 2.74. The van der Waals surface area contributed by atoms with Crippen LogP contribution in [0.5, 0.6) is 0 Å². The van der Waals surface area contributed by atoms with Crippen LogP contribution in [0.2, 0.25) is 5.02 Å². The second-order valence-electron chi connectivity index (χ2n) is 6.41. The molecule has 2 aromatic carbocycles. The molecule has 154 valence electrons. The minimum atomic E-state index is -3.70. The average molecular weight is 437 g/mol. The number of hydrogen-bond donors (Lipinski definition) is 2. The maximum Gasteiger partial charge on any atom is 0.271 e. The lowest BCUT2D eigenvalue weighted by molar-refractivity contribution is 0.0730. The molecule has 0 aliphatic carbocycles. The molecule has 8 nitrogen and oxygen atoms in total. The van der Waals surface area contributed by atoms with Gasteiger partial charge in [-0.25, -0.2) is 13.8 Å². The van der Waals surface area contributed by atoms with E-state index in [0.717, 1.165) is 0 Å². The van der Waals surface area contributed by atoms with Crippen molar-refractivity contribution < 1.29 is 17.9 Å². The zero-order valence-electron chi connectivity index (χ0n) is 15.8. The number of hydrogen-bond acceptors (Lipinski definition) is 6. The Morgan fingerprint density at radius 2 is 1.93 bits per heavy atom. The van der Waals surface area contributed by atoms with Gasteiger partial charge in [0.15, 0.2) is 0 Å². The molecule has 1 fully saturated rings. The van der Waals surface area contributed by atoms with Gasteiger partial charge in [-0.15, -0.1) is 0 Å². The van der Waals surface area contributed by atoms with Crippen molar-refractivity contribution >= 4 is 38.9 Å². The zero-order chi connectivity index (χ0) is 21.0. The maximum atomic E-state index is 12.8. The number of nitrogens with two attached hydrogens (primary N) is 1. The van der Waals surface area contributed by atoms with Crippen LogP contribution in [-0.2, 0) is 14.8 Å². The van der Waals surface area contributed by atoms with Crippen molar-refractivity contribution in [1.82, 2.24) is 9.73 Å². The fourth-order valence-corrected chi connectivity index (χ4v) is 4.46. The predicted molar refractivity (Wildman–Crippen MR) is 112 cm³/mol. The van der Waals surface area contributed by atoms with Gasteiger partial charge in [-0.2, -0.15) is 9.41 Å². The number of amides is 1. The number of hydrazone groups is 1. The fourth-order valence-electron chi connectivity index (χ4n) is 2.84. The molecule has 29 heavy (non-hydrogen) atoms. The number of halogens is 1. The van der Waals surface area contributed by atoms with Crippen LogP contribution in [0, 0.1) is 0 Å². The minimum absolute atomic E-state index is 0.0480.